The summed E-state index contributed by atoms with van der Waals surface area (Å²) in [5.74, 6) is -0.326. The number of carbonyl (C=O) groups excluding carboxylic acids is 1. The summed E-state index contributed by atoms with van der Waals surface area (Å²) in [5.41, 5.74) is 2.52. The summed E-state index contributed by atoms with van der Waals surface area (Å²) < 4.78 is 28.7. The van der Waals surface area contributed by atoms with Gasteiger partial charge in [0.15, 0.2) is 18.1 Å². The van der Waals surface area contributed by atoms with Gasteiger partial charge < -0.3 is 14.0 Å². The molecule has 0 aliphatic heterocycles. The zero-order valence-electron chi connectivity index (χ0n) is 14.8. The number of hydrogen-bond donors (Lipinski definition) is 0. The molecule has 0 aliphatic carbocycles. The maximum Gasteiger partial charge on any atom is 0.358 e. The van der Waals surface area contributed by atoms with Crippen LogP contribution in [0.25, 0.3) is 11.3 Å². The number of pyridine rings is 1. The normalized spacial score (nSPS) is 10.6. The summed E-state index contributed by atoms with van der Waals surface area (Å²) >= 11 is 0. The first-order valence-corrected chi connectivity index (χ1v) is 8.22. The number of aryl methyl sites for hydroxylation is 1. The fraction of sp³-hybridized carbons (Fsp3) is 0.278. The highest BCUT2D eigenvalue weighted by Crippen LogP contribution is 2.27. The van der Waals surface area contributed by atoms with E-state index in [9.17, 15) is 9.18 Å². The van der Waals surface area contributed by atoms with E-state index in [1.165, 1.54) is 12.1 Å². The molecule has 0 saturated heterocycles. The molecule has 0 radical (unpaired) electrons. The molecule has 0 amide bonds. The lowest BCUT2D eigenvalue weighted by Crippen LogP contribution is -2.09. The number of halogens is 1. The first-order valence-electron chi connectivity index (χ1n) is 8.22. The molecule has 140 valence electrons. The molecular formula is C18H17FN4O4. The SMILES string of the molecule is CCOC(=O)c1ccc(OCc2c(-c3ccc(C)nc3)noc2CF)nn1. The largest absolute Gasteiger partial charge is 0.471 e. The topological polar surface area (TPSA) is 100 Å². The fourth-order valence-corrected chi connectivity index (χ4v) is 2.29. The molecule has 0 aromatic carbocycles. The first-order chi connectivity index (χ1) is 13.1. The van der Waals surface area contributed by atoms with E-state index in [0.717, 1.165) is 5.69 Å². The fourth-order valence-electron chi connectivity index (χ4n) is 2.29. The van der Waals surface area contributed by atoms with E-state index < -0.39 is 12.6 Å². The van der Waals surface area contributed by atoms with Gasteiger partial charge in [-0.05, 0) is 32.0 Å². The van der Waals surface area contributed by atoms with Gasteiger partial charge in [0.1, 0.15) is 12.3 Å². The maximum absolute atomic E-state index is 13.2. The average Bonchev–Trinajstić information content (AvgIpc) is 3.10. The maximum atomic E-state index is 13.2. The van der Waals surface area contributed by atoms with Crippen LogP contribution in [-0.2, 0) is 18.0 Å². The second kappa shape index (κ2) is 8.35. The number of alkyl halides is 1. The standard InChI is InChI=1S/C18H17FN4O4/c1-3-25-18(24)14-6-7-16(22-21-14)26-10-13-15(8-19)27-23-17(13)12-5-4-11(2)20-9-12/h4-7,9H,3,8,10H2,1-2H3. The van der Waals surface area contributed by atoms with Gasteiger partial charge in [0.25, 0.3) is 0 Å². The molecule has 3 aromatic rings. The molecule has 3 rings (SSSR count). The molecule has 0 aliphatic rings. The number of esters is 1. The third-order valence-corrected chi connectivity index (χ3v) is 3.66. The third-order valence-electron chi connectivity index (χ3n) is 3.66. The van der Waals surface area contributed by atoms with Crippen molar-refractivity contribution in [3.63, 3.8) is 0 Å². The van der Waals surface area contributed by atoms with Crippen LogP contribution in [0.2, 0.25) is 0 Å². The van der Waals surface area contributed by atoms with Gasteiger partial charge in [-0.15, -0.1) is 10.2 Å². The smallest absolute Gasteiger partial charge is 0.358 e. The summed E-state index contributed by atoms with van der Waals surface area (Å²) in [4.78, 5) is 15.8. The van der Waals surface area contributed by atoms with Crippen molar-refractivity contribution in [1.29, 1.82) is 0 Å². The van der Waals surface area contributed by atoms with E-state index in [4.69, 9.17) is 14.0 Å². The van der Waals surface area contributed by atoms with Gasteiger partial charge in [-0.1, -0.05) is 5.16 Å². The van der Waals surface area contributed by atoms with E-state index in [1.54, 1.807) is 13.1 Å². The van der Waals surface area contributed by atoms with Crippen LogP contribution in [0.15, 0.2) is 35.0 Å². The van der Waals surface area contributed by atoms with E-state index in [-0.39, 0.29) is 30.5 Å². The lowest BCUT2D eigenvalue weighted by Gasteiger charge is -2.06. The van der Waals surface area contributed by atoms with E-state index in [1.807, 2.05) is 19.1 Å². The van der Waals surface area contributed by atoms with Gasteiger partial charge in [0.2, 0.25) is 5.88 Å². The van der Waals surface area contributed by atoms with Crippen LogP contribution in [0.1, 0.15) is 34.4 Å². The van der Waals surface area contributed by atoms with Crippen molar-refractivity contribution in [3.8, 4) is 17.1 Å². The number of nitrogens with zero attached hydrogens (tertiary/aromatic N) is 4. The lowest BCUT2D eigenvalue weighted by molar-refractivity contribution is 0.0517. The summed E-state index contributed by atoms with van der Waals surface area (Å²) in [5, 5.41) is 11.5. The number of ether oxygens (including phenoxy) is 2. The quantitative estimate of drug-likeness (QED) is 0.583. The predicted molar refractivity (Wildman–Crippen MR) is 91.6 cm³/mol. The summed E-state index contributed by atoms with van der Waals surface area (Å²) in [7, 11) is 0. The van der Waals surface area contributed by atoms with Crippen LogP contribution in [0.5, 0.6) is 5.88 Å². The van der Waals surface area contributed by atoms with Gasteiger partial charge in [0, 0.05) is 23.5 Å². The monoisotopic (exact) mass is 372 g/mol. The van der Waals surface area contributed by atoms with Gasteiger partial charge in [-0.3, -0.25) is 4.98 Å². The van der Waals surface area contributed by atoms with Gasteiger partial charge in [-0.2, -0.15) is 0 Å². The van der Waals surface area contributed by atoms with Crippen molar-refractivity contribution in [2.24, 2.45) is 0 Å². The number of carbonyl (C=O) groups is 1. The van der Waals surface area contributed by atoms with E-state index in [0.29, 0.717) is 16.8 Å². The molecule has 0 saturated carbocycles. The molecule has 3 aromatic heterocycles. The molecule has 27 heavy (non-hydrogen) atoms. The molecule has 0 fully saturated rings. The van der Waals surface area contributed by atoms with Crippen molar-refractivity contribution in [2.75, 3.05) is 6.61 Å². The van der Waals surface area contributed by atoms with E-state index in [2.05, 4.69) is 20.3 Å². The van der Waals surface area contributed by atoms with Crippen LogP contribution in [0.4, 0.5) is 4.39 Å². The Morgan fingerprint density at radius 3 is 2.70 bits per heavy atom. The lowest BCUT2D eigenvalue weighted by atomic mass is 10.1. The third kappa shape index (κ3) is 4.25. The van der Waals surface area contributed by atoms with Crippen molar-refractivity contribution in [1.82, 2.24) is 20.3 Å². The van der Waals surface area contributed by atoms with Crippen LogP contribution in [-0.4, -0.2) is 32.9 Å². The first kappa shape index (κ1) is 18.4. The van der Waals surface area contributed by atoms with Crippen LogP contribution in [0.3, 0.4) is 0 Å². The van der Waals surface area contributed by atoms with Crippen LogP contribution < -0.4 is 4.74 Å². The molecule has 0 spiro atoms. The molecular weight excluding hydrogens is 355 g/mol. The van der Waals surface area contributed by atoms with Crippen molar-refractivity contribution in [2.45, 2.75) is 27.1 Å². The Balaban J connectivity index is 1.76. The molecule has 0 atom stereocenters. The Bertz CT molecular complexity index is 910. The predicted octanol–water partition coefficient (Wildman–Crippen LogP) is 3.06. The highest BCUT2D eigenvalue weighted by atomic mass is 19.1. The van der Waals surface area contributed by atoms with Gasteiger partial charge in [0.05, 0.1) is 12.2 Å². The number of hydrogen-bond acceptors (Lipinski definition) is 8. The van der Waals surface area contributed by atoms with Crippen LogP contribution >= 0.6 is 0 Å². The molecule has 0 unspecified atom stereocenters. The van der Waals surface area contributed by atoms with Gasteiger partial charge in [-0.25, -0.2) is 9.18 Å². The number of aromatic nitrogens is 4. The molecule has 9 heteroatoms. The van der Waals surface area contributed by atoms with Crippen molar-refractivity contribution in [3.05, 3.63) is 53.2 Å². The van der Waals surface area contributed by atoms with Crippen LogP contribution in [0, 0.1) is 6.92 Å². The molecule has 8 nitrogen and oxygen atoms in total. The molecule has 3 heterocycles. The van der Waals surface area contributed by atoms with Crippen molar-refractivity contribution >= 4 is 5.97 Å². The summed E-state index contributed by atoms with van der Waals surface area (Å²) in [6, 6.07) is 6.56. The average molecular weight is 372 g/mol. The molecule has 0 bridgehead atoms. The number of rotatable bonds is 7. The highest BCUT2D eigenvalue weighted by Gasteiger charge is 2.19. The molecule has 0 N–H and O–H groups in total. The Morgan fingerprint density at radius 2 is 2.07 bits per heavy atom. The minimum atomic E-state index is -0.821. The summed E-state index contributed by atoms with van der Waals surface area (Å²) in [6.45, 7) is 2.96. The Morgan fingerprint density at radius 1 is 1.22 bits per heavy atom. The Labute approximate surface area is 154 Å². The Hall–Kier alpha value is -3.36. The van der Waals surface area contributed by atoms with E-state index >= 15 is 0 Å². The highest BCUT2D eigenvalue weighted by molar-refractivity contribution is 5.86. The second-order valence-corrected chi connectivity index (χ2v) is 5.52. The van der Waals surface area contributed by atoms with Crippen molar-refractivity contribution < 1.29 is 23.2 Å². The summed E-state index contributed by atoms with van der Waals surface area (Å²) in [6.07, 6.45) is 1.63. The zero-order chi connectivity index (χ0) is 19.2. The van der Waals surface area contributed by atoms with Gasteiger partial charge >= 0.3 is 5.97 Å². The Kier molecular flexibility index (Phi) is 5.70. The minimum Gasteiger partial charge on any atom is -0.471 e. The second-order valence-electron chi connectivity index (χ2n) is 5.52. The minimum absolute atomic E-state index is 0.0284. The zero-order valence-corrected chi connectivity index (χ0v) is 14.8.